The highest BCUT2D eigenvalue weighted by molar-refractivity contribution is 7.91. The van der Waals surface area contributed by atoms with Crippen LogP contribution in [0.25, 0.3) is 0 Å². The van der Waals surface area contributed by atoms with Crippen molar-refractivity contribution in [2.75, 3.05) is 18.6 Å². The molecule has 0 radical (unpaired) electrons. The van der Waals surface area contributed by atoms with Crippen molar-refractivity contribution >= 4 is 27.5 Å². The Bertz CT molecular complexity index is 528. The number of Topliss-reactive ketones (excluding diaryl/α,β-unsaturated/α-hetero) is 1. The van der Waals surface area contributed by atoms with Crippen LogP contribution in [0.5, 0.6) is 0 Å². The van der Waals surface area contributed by atoms with E-state index in [0.29, 0.717) is 0 Å². The Labute approximate surface area is 122 Å². The van der Waals surface area contributed by atoms with Crippen molar-refractivity contribution < 1.29 is 32.6 Å². The van der Waals surface area contributed by atoms with Gasteiger partial charge in [0.15, 0.2) is 9.84 Å². The maximum atomic E-state index is 12.1. The maximum Gasteiger partial charge on any atom is 0.329 e. The summed E-state index contributed by atoms with van der Waals surface area (Å²) in [5.41, 5.74) is 0. The normalized spacial score (nSPS) is 23.7. The van der Waals surface area contributed by atoms with E-state index >= 15 is 0 Å². The molecule has 2 N–H and O–H groups in total. The summed E-state index contributed by atoms with van der Waals surface area (Å²) in [6.45, 7) is 1.15. The highest BCUT2D eigenvalue weighted by atomic mass is 32.2. The standard InChI is InChI=1S/C12H19NO7S/c1-7(14)13-10(12(17)20-2)6-21(18,19)5-8-3-9(15)4-11(8)16/h8-10,15H,3-6H2,1-2H3,(H,13,14)/t8?,9-,10-/m0/s1. The minimum Gasteiger partial charge on any atom is -0.467 e. The van der Waals surface area contributed by atoms with Gasteiger partial charge in [-0.25, -0.2) is 13.2 Å². The van der Waals surface area contributed by atoms with Crippen LogP contribution in [-0.4, -0.2) is 61.9 Å². The number of esters is 1. The quantitative estimate of drug-likeness (QED) is 0.565. The van der Waals surface area contributed by atoms with Gasteiger partial charge in [-0.1, -0.05) is 0 Å². The van der Waals surface area contributed by atoms with Crippen molar-refractivity contribution in [1.82, 2.24) is 5.32 Å². The van der Waals surface area contributed by atoms with Crippen molar-refractivity contribution in [1.29, 1.82) is 0 Å². The van der Waals surface area contributed by atoms with Crippen molar-refractivity contribution in [3.63, 3.8) is 0 Å². The van der Waals surface area contributed by atoms with Crippen LogP contribution in [0, 0.1) is 5.92 Å². The lowest BCUT2D eigenvalue weighted by molar-refractivity contribution is -0.144. The number of aliphatic hydroxyl groups excluding tert-OH is 1. The summed E-state index contributed by atoms with van der Waals surface area (Å²) in [5.74, 6) is -3.59. The fraction of sp³-hybridized carbons (Fsp3) is 0.750. The Morgan fingerprint density at radius 2 is 2.10 bits per heavy atom. The van der Waals surface area contributed by atoms with Crippen LogP contribution in [0.15, 0.2) is 0 Å². The zero-order chi connectivity index (χ0) is 16.2. The molecule has 3 atom stereocenters. The van der Waals surface area contributed by atoms with Gasteiger partial charge in [-0.2, -0.15) is 0 Å². The van der Waals surface area contributed by atoms with E-state index in [0.717, 1.165) is 14.0 Å². The first-order chi connectivity index (χ1) is 9.64. The largest absolute Gasteiger partial charge is 0.467 e. The van der Waals surface area contributed by atoms with Gasteiger partial charge in [0.25, 0.3) is 0 Å². The number of ether oxygens (including phenoxy) is 1. The number of nitrogens with one attached hydrogen (secondary N) is 1. The molecule has 21 heavy (non-hydrogen) atoms. The first-order valence-electron chi connectivity index (χ1n) is 6.40. The molecule has 9 heteroatoms. The highest BCUT2D eigenvalue weighted by Gasteiger charge is 2.36. The summed E-state index contributed by atoms with van der Waals surface area (Å²) in [6, 6.07) is -1.31. The number of ketones is 1. The SMILES string of the molecule is COC(=O)[C@H](CS(=O)(=O)CC1C[C@H](O)CC1=O)NC(C)=O. The van der Waals surface area contributed by atoms with Crippen LogP contribution >= 0.6 is 0 Å². The lowest BCUT2D eigenvalue weighted by Crippen LogP contribution is -2.46. The first-order valence-corrected chi connectivity index (χ1v) is 8.23. The number of hydrogen-bond donors (Lipinski definition) is 2. The zero-order valence-corrected chi connectivity index (χ0v) is 12.7. The van der Waals surface area contributed by atoms with Gasteiger partial charge >= 0.3 is 5.97 Å². The van der Waals surface area contributed by atoms with E-state index in [4.69, 9.17) is 0 Å². The monoisotopic (exact) mass is 321 g/mol. The second kappa shape index (κ2) is 6.99. The molecule has 0 heterocycles. The van der Waals surface area contributed by atoms with Crippen molar-refractivity contribution in [3.05, 3.63) is 0 Å². The third-order valence-electron chi connectivity index (χ3n) is 3.19. The van der Waals surface area contributed by atoms with Gasteiger partial charge in [-0.3, -0.25) is 9.59 Å². The lowest BCUT2D eigenvalue weighted by Gasteiger charge is -2.16. The minimum atomic E-state index is -3.77. The fourth-order valence-corrected chi connectivity index (χ4v) is 4.09. The molecule has 0 bridgehead atoms. The molecule has 1 fully saturated rings. The lowest BCUT2D eigenvalue weighted by atomic mass is 10.1. The molecule has 120 valence electrons. The highest BCUT2D eigenvalue weighted by Crippen LogP contribution is 2.23. The van der Waals surface area contributed by atoms with Gasteiger partial charge in [0.2, 0.25) is 5.91 Å². The Morgan fingerprint density at radius 1 is 1.48 bits per heavy atom. The van der Waals surface area contributed by atoms with Crippen LogP contribution < -0.4 is 5.32 Å². The van der Waals surface area contributed by atoms with Crippen LogP contribution in [0.2, 0.25) is 0 Å². The second-order valence-electron chi connectivity index (χ2n) is 5.11. The molecule has 8 nitrogen and oxygen atoms in total. The number of carbonyl (C=O) groups excluding carboxylic acids is 3. The molecular weight excluding hydrogens is 302 g/mol. The van der Waals surface area contributed by atoms with Crippen molar-refractivity contribution in [3.8, 4) is 0 Å². The first kappa shape index (κ1) is 17.6. The van der Waals surface area contributed by atoms with Gasteiger partial charge in [0.05, 0.1) is 24.7 Å². The van der Waals surface area contributed by atoms with E-state index in [1.165, 1.54) is 0 Å². The molecule has 0 aromatic heterocycles. The molecule has 1 amide bonds. The number of methoxy groups -OCH3 is 1. The molecule has 1 aliphatic carbocycles. The number of carbonyl (C=O) groups is 3. The van der Waals surface area contributed by atoms with E-state index in [1.54, 1.807) is 0 Å². The maximum absolute atomic E-state index is 12.1. The number of hydrogen-bond acceptors (Lipinski definition) is 7. The number of aliphatic hydroxyl groups is 1. The molecule has 0 aromatic carbocycles. The molecular formula is C12H19NO7S. The van der Waals surface area contributed by atoms with Gasteiger partial charge < -0.3 is 15.2 Å². The topological polar surface area (TPSA) is 127 Å². The third kappa shape index (κ3) is 5.43. The van der Waals surface area contributed by atoms with Gasteiger partial charge in [0, 0.05) is 19.3 Å². The molecule has 1 rings (SSSR count). The minimum absolute atomic E-state index is 0.0493. The van der Waals surface area contributed by atoms with Gasteiger partial charge in [-0.15, -0.1) is 0 Å². The molecule has 1 unspecified atom stereocenters. The molecule has 0 saturated heterocycles. The van der Waals surface area contributed by atoms with E-state index in [1.807, 2.05) is 0 Å². The van der Waals surface area contributed by atoms with E-state index in [2.05, 4.69) is 10.1 Å². The summed E-state index contributed by atoms with van der Waals surface area (Å²) < 4.78 is 28.6. The molecule has 1 aliphatic rings. The summed E-state index contributed by atoms with van der Waals surface area (Å²) in [6.07, 6.45) is -0.766. The van der Waals surface area contributed by atoms with Gasteiger partial charge in [-0.05, 0) is 6.42 Å². The predicted octanol–water partition coefficient (Wildman–Crippen LogP) is -1.58. The van der Waals surface area contributed by atoms with Crippen LogP contribution in [-0.2, 0) is 29.0 Å². The number of sulfone groups is 1. The smallest absolute Gasteiger partial charge is 0.329 e. The Hall–Kier alpha value is -1.48. The van der Waals surface area contributed by atoms with E-state index in [-0.39, 0.29) is 18.6 Å². The zero-order valence-electron chi connectivity index (χ0n) is 11.9. The van der Waals surface area contributed by atoms with Crippen molar-refractivity contribution in [2.45, 2.75) is 31.9 Å². The summed E-state index contributed by atoms with van der Waals surface area (Å²) in [7, 11) is -2.68. The second-order valence-corrected chi connectivity index (χ2v) is 7.26. The Morgan fingerprint density at radius 3 is 2.52 bits per heavy atom. The van der Waals surface area contributed by atoms with Crippen LogP contribution in [0.1, 0.15) is 19.8 Å². The van der Waals surface area contributed by atoms with Crippen LogP contribution in [0.3, 0.4) is 0 Å². The average molecular weight is 321 g/mol. The summed E-state index contributed by atoms with van der Waals surface area (Å²) >= 11 is 0. The third-order valence-corrected chi connectivity index (χ3v) is 4.94. The van der Waals surface area contributed by atoms with Crippen LogP contribution in [0.4, 0.5) is 0 Å². The number of rotatable bonds is 6. The molecule has 0 aromatic rings. The average Bonchev–Trinajstić information content (AvgIpc) is 2.64. The van der Waals surface area contributed by atoms with Crippen molar-refractivity contribution in [2.24, 2.45) is 5.92 Å². The predicted molar refractivity (Wildman–Crippen MR) is 72.0 cm³/mol. The molecule has 1 saturated carbocycles. The number of amides is 1. The van der Waals surface area contributed by atoms with E-state index in [9.17, 15) is 27.9 Å². The molecule has 0 spiro atoms. The fourth-order valence-electron chi connectivity index (χ4n) is 2.29. The molecule has 0 aliphatic heterocycles. The van der Waals surface area contributed by atoms with E-state index < -0.39 is 51.3 Å². The van der Waals surface area contributed by atoms with Gasteiger partial charge in [0.1, 0.15) is 11.8 Å². The Balaban J connectivity index is 2.74. The Kier molecular flexibility index (Phi) is 5.85. The summed E-state index contributed by atoms with van der Waals surface area (Å²) in [4.78, 5) is 34.0. The summed E-state index contributed by atoms with van der Waals surface area (Å²) in [5, 5.41) is 11.6.